The van der Waals surface area contributed by atoms with Crippen LogP contribution in [0.5, 0.6) is 5.75 Å². The van der Waals surface area contributed by atoms with Crippen molar-refractivity contribution >= 4 is 20.9 Å². The molecule has 0 unspecified atom stereocenters. The van der Waals surface area contributed by atoms with Crippen LogP contribution >= 0.6 is 0 Å². The van der Waals surface area contributed by atoms with E-state index in [0.717, 1.165) is 10.9 Å². The summed E-state index contributed by atoms with van der Waals surface area (Å²) in [7, 11) is -4.45. The molecule has 0 aromatic heterocycles. The van der Waals surface area contributed by atoms with E-state index in [-0.39, 0.29) is 34.5 Å². The molecule has 112 valence electrons. The van der Waals surface area contributed by atoms with Crippen LogP contribution in [-0.2, 0) is 16.7 Å². The first kappa shape index (κ1) is 18.0. The smallest absolute Gasteiger partial charge is 0.744 e. The molecule has 0 aliphatic carbocycles. The zero-order valence-electron chi connectivity index (χ0n) is 12.6. The summed E-state index contributed by atoms with van der Waals surface area (Å²) in [5, 5.41) is 1.50. The van der Waals surface area contributed by atoms with Crippen LogP contribution in [0.1, 0.15) is 5.56 Å². The molecule has 3 aromatic carbocycles. The maximum absolute atomic E-state index is 11.1. The molecular formula is C17H13NaO4S. The molecule has 0 saturated heterocycles. The first-order chi connectivity index (χ1) is 10.5. The van der Waals surface area contributed by atoms with Gasteiger partial charge < -0.3 is 9.29 Å². The van der Waals surface area contributed by atoms with Crippen molar-refractivity contribution in [3.8, 4) is 5.75 Å². The van der Waals surface area contributed by atoms with Crippen LogP contribution in [0.25, 0.3) is 10.8 Å². The summed E-state index contributed by atoms with van der Waals surface area (Å²) in [6, 6.07) is 19.4. The fourth-order valence-electron chi connectivity index (χ4n) is 2.19. The Morgan fingerprint density at radius 2 is 1.57 bits per heavy atom. The molecule has 0 fully saturated rings. The molecule has 0 aliphatic heterocycles. The minimum atomic E-state index is -4.45. The van der Waals surface area contributed by atoms with Gasteiger partial charge in [-0.3, -0.25) is 0 Å². The molecule has 4 nitrogen and oxygen atoms in total. The Hall–Kier alpha value is -1.37. The zero-order valence-corrected chi connectivity index (χ0v) is 15.4. The maximum Gasteiger partial charge on any atom is 1.00 e. The van der Waals surface area contributed by atoms with Gasteiger partial charge in [0.05, 0.1) is 4.90 Å². The van der Waals surface area contributed by atoms with Gasteiger partial charge >= 0.3 is 29.6 Å². The van der Waals surface area contributed by atoms with Crippen molar-refractivity contribution in [1.82, 2.24) is 0 Å². The SMILES string of the molecule is O=S(=O)([O-])c1ccc2ccc(OCc3ccccc3)cc2c1.[Na+]. The molecule has 0 atom stereocenters. The van der Waals surface area contributed by atoms with Crippen LogP contribution in [0.15, 0.2) is 71.6 Å². The summed E-state index contributed by atoms with van der Waals surface area (Å²) in [5.41, 5.74) is 1.04. The van der Waals surface area contributed by atoms with Gasteiger partial charge in [0.25, 0.3) is 0 Å². The van der Waals surface area contributed by atoms with Gasteiger partial charge in [-0.15, -0.1) is 0 Å². The second kappa shape index (κ2) is 7.47. The van der Waals surface area contributed by atoms with E-state index in [9.17, 15) is 13.0 Å². The molecule has 0 N–H and O–H groups in total. The van der Waals surface area contributed by atoms with Crippen molar-refractivity contribution in [2.24, 2.45) is 0 Å². The molecule has 6 heteroatoms. The summed E-state index contributed by atoms with van der Waals surface area (Å²) in [5.74, 6) is 0.622. The predicted octanol–water partition coefficient (Wildman–Crippen LogP) is 0.327. The number of fused-ring (bicyclic) bond motifs is 1. The molecule has 0 amide bonds. The van der Waals surface area contributed by atoms with Crippen molar-refractivity contribution in [3.05, 3.63) is 72.3 Å². The first-order valence-corrected chi connectivity index (χ1v) is 8.10. The van der Waals surface area contributed by atoms with E-state index in [2.05, 4.69) is 0 Å². The molecular weight excluding hydrogens is 323 g/mol. The van der Waals surface area contributed by atoms with E-state index < -0.39 is 10.1 Å². The van der Waals surface area contributed by atoms with Gasteiger partial charge in [-0.05, 0) is 40.6 Å². The zero-order chi connectivity index (χ0) is 15.6. The molecule has 3 rings (SSSR count). The van der Waals surface area contributed by atoms with Gasteiger partial charge in [-0.2, -0.15) is 0 Å². The number of rotatable bonds is 4. The summed E-state index contributed by atoms with van der Waals surface area (Å²) in [6.45, 7) is 0.423. The number of benzene rings is 3. The Balaban J connectivity index is 0.00000192. The minimum absolute atomic E-state index is 0. The van der Waals surface area contributed by atoms with Crippen LogP contribution in [0.2, 0.25) is 0 Å². The van der Waals surface area contributed by atoms with E-state index in [4.69, 9.17) is 4.74 Å². The molecule has 3 aromatic rings. The fraction of sp³-hybridized carbons (Fsp3) is 0.0588. The second-order valence-corrected chi connectivity index (χ2v) is 6.28. The quantitative estimate of drug-likeness (QED) is 0.509. The van der Waals surface area contributed by atoms with E-state index in [0.29, 0.717) is 17.7 Å². The van der Waals surface area contributed by atoms with E-state index in [1.165, 1.54) is 12.1 Å². The molecule has 0 spiro atoms. The standard InChI is InChI=1S/C17H14O4S.Na/c18-22(19,20)17-9-7-14-6-8-16(10-15(14)11-17)21-12-13-4-2-1-3-5-13;/h1-11H,12H2,(H,18,19,20);/q;+1/p-1. The van der Waals surface area contributed by atoms with Crippen LogP contribution in [0.4, 0.5) is 0 Å². The number of hydrogen-bond acceptors (Lipinski definition) is 4. The second-order valence-electron chi connectivity index (χ2n) is 4.90. The average molecular weight is 336 g/mol. The van der Waals surface area contributed by atoms with Gasteiger partial charge in [0.15, 0.2) is 0 Å². The molecule has 0 heterocycles. The molecule has 0 radical (unpaired) electrons. The van der Waals surface area contributed by atoms with Crippen LogP contribution in [-0.4, -0.2) is 13.0 Å². The minimum Gasteiger partial charge on any atom is -0.744 e. The van der Waals surface area contributed by atoms with Crippen molar-refractivity contribution in [3.63, 3.8) is 0 Å². The van der Waals surface area contributed by atoms with E-state index >= 15 is 0 Å². The van der Waals surface area contributed by atoms with Crippen LogP contribution in [0, 0.1) is 0 Å². The Kier molecular flexibility index (Phi) is 5.84. The summed E-state index contributed by atoms with van der Waals surface area (Å²) in [4.78, 5) is -0.236. The van der Waals surface area contributed by atoms with Gasteiger partial charge in [0, 0.05) is 0 Å². The molecule has 0 bridgehead atoms. The third-order valence-corrected chi connectivity index (χ3v) is 4.15. The Morgan fingerprint density at radius 1 is 0.870 bits per heavy atom. The summed E-state index contributed by atoms with van der Waals surface area (Å²) >= 11 is 0. The van der Waals surface area contributed by atoms with Gasteiger partial charge in [-0.1, -0.05) is 42.5 Å². The Labute approximate surface area is 157 Å². The van der Waals surface area contributed by atoms with Crippen LogP contribution in [0.3, 0.4) is 0 Å². The third-order valence-electron chi connectivity index (χ3n) is 3.32. The van der Waals surface area contributed by atoms with Gasteiger partial charge in [0.1, 0.15) is 22.5 Å². The number of ether oxygens (including phenoxy) is 1. The van der Waals surface area contributed by atoms with Crippen molar-refractivity contribution in [2.75, 3.05) is 0 Å². The predicted molar refractivity (Wildman–Crippen MR) is 82.7 cm³/mol. The largest absolute Gasteiger partial charge is 1.00 e. The van der Waals surface area contributed by atoms with E-state index in [1.807, 2.05) is 42.5 Å². The fourth-order valence-corrected chi connectivity index (χ4v) is 2.70. The monoisotopic (exact) mass is 336 g/mol. The third kappa shape index (κ3) is 4.56. The average Bonchev–Trinajstić information content (AvgIpc) is 2.52. The normalized spacial score (nSPS) is 11.0. The summed E-state index contributed by atoms with van der Waals surface area (Å²) in [6.07, 6.45) is 0. The van der Waals surface area contributed by atoms with Crippen molar-refractivity contribution in [2.45, 2.75) is 11.5 Å². The molecule has 0 saturated carbocycles. The number of hydrogen-bond donors (Lipinski definition) is 0. The van der Waals surface area contributed by atoms with Crippen LogP contribution < -0.4 is 34.3 Å². The topological polar surface area (TPSA) is 66.4 Å². The summed E-state index contributed by atoms with van der Waals surface area (Å²) < 4.78 is 39.0. The van der Waals surface area contributed by atoms with Gasteiger partial charge in [-0.25, -0.2) is 8.42 Å². The van der Waals surface area contributed by atoms with Crippen molar-refractivity contribution in [1.29, 1.82) is 0 Å². The Bertz CT molecular complexity index is 908. The first-order valence-electron chi connectivity index (χ1n) is 6.69. The Morgan fingerprint density at radius 3 is 2.26 bits per heavy atom. The molecule has 0 aliphatic rings. The van der Waals surface area contributed by atoms with Gasteiger partial charge in [0.2, 0.25) is 0 Å². The maximum atomic E-state index is 11.1. The van der Waals surface area contributed by atoms with Crippen molar-refractivity contribution < 1.29 is 47.3 Å². The van der Waals surface area contributed by atoms with E-state index in [1.54, 1.807) is 12.1 Å². The molecule has 23 heavy (non-hydrogen) atoms.